The van der Waals surface area contributed by atoms with Crippen LogP contribution in [0.2, 0.25) is 0 Å². The van der Waals surface area contributed by atoms with Crippen molar-refractivity contribution in [3.63, 3.8) is 0 Å². The van der Waals surface area contributed by atoms with Crippen LogP contribution in [0.15, 0.2) is 16.3 Å². The summed E-state index contributed by atoms with van der Waals surface area (Å²) < 4.78 is 27.5. The van der Waals surface area contributed by atoms with Crippen LogP contribution in [-0.2, 0) is 16.4 Å². The van der Waals surface area contributed by atoms with Crippen LogP contribution in [0.1, 0.15) is 17.7 Å². The second kappa shape index (κ2) is 5.93. The SMILES string of the molecule is O=S(=O)(c1ccc(CCCl)s1)N1CCN2CCCC2C1. The molecule has 0 aromatic carbocycles. The van der Waals surface area contributed by atoms with Crippen LogP contribution in [-0.4, -0.2) is 55.7 Å². The summed E-state index contributed by atoms with van der Waals surface area (Å²) in [4.78, 5) is 3.46. The van der Waals surface area contributed by atoms with Gasteiger partial charge in [0.05, 0.1) is 0 Å². The third-order valence-electron chi connectivity index (χ3n) is 4.12. The number of aryl methyl sites for hydroxylation is 1. The molecule has 2 aliphatic rings. The molecule has 1 aromatic heterocycles. The van der Waals surface area contributed by atoms with E-state index in [9.17, 15) is 8.42 Å². The quantitative estimate of drug-likeness (QED) is 0.791. The first-order valence-electron chi connectivity index (χ1n) is 7.00. The summed E-state index contributed by atoms with van der Waals surface area (Å²) in [5.41, 5.74) is 0. The fourth-order valence-electron chi connectivity index (χ4n) is 3.03. The zero-order valence-electron chi connectivity index (χ0n) is 11.3. The summed E-state index contributed by atoms with van der Waals surface area (Å²) in [7, 11) is -3.32. The van der Waals surface area contributed by atoms with Gasteiger partial charge in [-0.05, 0) is 37.9 Å². The number of fused-ring (bicyclic) bond motifs is 1. The summed E-state index contributed by atoms with van der Waals surface area (Å²) in [6.07, 6.45) is 3.05. The molecule has 0 spiro atoms. The molecule has 0 amide bonds. The van der Waals surface area contributed by atoms with Gasteiger partial charge in [0.1, 0.15) is 4.21 Å². The van der Waals surface area contributed by atoms with Gasteiger partial charge in [-0.15, -0.1) is 22.9 Å². The molecule has 3 rings (SSSR count). The van der Waals surface area contributed by atoms with E-state index in [-0.39, 0.29) is 0 Å². The van der Waals surface area contributed by atoms with Crippen molar-refractivity contribution in [1.82, 2.24) is 9.21 Å². The monoisotopic (exact) mass is 334 g/mol. The van der Waals surface area contributed by atoms with E-state index in [1.807, 2.05) is 6.07 Å². The highest BCUT2D eigenvalue weighted by molar-refractivity contribution is 7.91. The number of piperazine rings is 1. The largest absolute Gasteiger partial charge is 0.298 e. The Kier molecular flexibility index (Phi) is 4.38. The molecule has 1 unspecified atom stereocenters. The number of halogens is 1. The van der Waals surface area contributed by atoms with Crippen molar-refractivity contribution >= 4 is 33.0 Å². The molecule has 0 bridgehead atoms. The van der Waals surface area contributed by atoms with Gasteiger partial charge in [0.15, 0.2) is 0 Å². The molecule has 2 fully saturated rings. The van der Waals surface area contributed by atoms with Crippen LogP contribution in [0.5, 0.6) is 0 Å². The lowest BCUT2D eigenvalue weighted by atomic mass is 10.2. The van der Waals surface area contributed by atoms with E-state index in [1.54, 1.807) is 10.4 Å². The van der Waals surface area contributed by atoms with E-state index in [2.05, 4.69) is 4.90 Å². The topological polar surface area (TPSA) is 40.6 Å². The summed E-state index contributed by atoms with van der Waals surface area (Å²) in [6, 6.07) is 4.02. The molecule has 4 nitrogen and oxygen atoms in total. The van der Waals surface area contributed by atoms with E-state index < -0.39 is 10.0 Å². The van der Waals surface area contributed by atoms with E-state index in [0.717, 1.165) is 30.8 Å². The van der Waals surface area contributed by atoms with Gasteiger partial charge >= 0.3 is 0 Å². The maximum atomic E-state index is 12.7. The van der Waals surface area contributed by atoms with Crippen LogP contribution in [0.3, 0.4) is 0 Å². The van der Waals surface area contributed by atoms with Crippen LogP contribution < -0.4 is 0 Å². The Morgan fingerprint density at radius 3 is 2.95 bits per heavy atom. The molecule has 112 valence electrons. The van der Waals surface area contributed by atoms with Gasteiger partial charge in [-0.2, -0.15) is 4.31 Å². The summed E-state index contributed by atoms with van der Waals surface area (Å²) >= 11 is 7.07. The first-order valence-corrected chi connectivity index (χ1v) is 9.79. The van der Waals surface area contributed by atoms with Crippen molar-refractivity contribution in [2.24, 2.45) is 0 Å². The Balaban J connectivity index is 1.77. The maximum absolute atomic E-state index is 12.7. The molecule has 7 heteroatoms. The zero-order valence-corrected chi connectivity index (χ0v) is 13.7. The van der Waals surface area contributed by atoms with Gasteiger partial charge in [0.2, 0.25) is 0 Å². The van der Waals surface area contributed by atoms with Gasteiger partial charge < -0.3 is 0 Å². The minimum atomic E-state index is -3.32. The van der Waals surface area contributed by atoms with Crippen molar-refractivity contribution in [2.75, 3.05) is 32.1 Å². The van der Waals surface area contributed by atoms with Crippen molar-refractivity contribution in [1.29, 1.82) is 0 Å². The molecule has 0 saturated carbocycles. The molecule has 20 heavy (non-hydrogen) atoms. The highest BCUT2D eigenvalue weighted by atomic mass is 35.5. The van der Waals surface area contributed by atoms with E-state index >= 15 is 0 Å². The van der Waals surface area contributed by atoms with Gasteiger partial charge in [0, 0.05) is 36.4 Å². The first-order chi connectivity index (χ1) is 9.61. The average molecular weight is 335 g/mol. The molecule has 2 saturated heterocycles. The minimum Gasteiger partial charge on any atom is -0.298 e. The molecular formula is C13H19ClN2O2S2. The molecule has 0 aliphatic carbocycles. The molecule has 0 N–H and O–H groups in total. The van der Waals surface area contributed by atoms with Crippen molar-refractivity contribution < 1.29 is 8.42 Å². The Morgan fingerprint density at radius 1 is 1.30 bits per heavy atom. The zero-order chi connectivity index (χ0) is 14.2. The smallest absolute Gasteiger partial charge is 0.252 e. The van der Waals surface area contributed by atoms with Gasteiger partial charge in [-0.25, -0.2) is 8.42 Å². The van der Waals surface area contributed by atoms with Crippen molar-refractivity contribution in [3.05, 3.63) is 17.0 Å². The minimum absolute atomic E-state index is 0.417. The second-order valence-electron chi connectivity index (χ2n) is 5.35. The molecule has 3 heterocycles. The predicted octanol–water partition coefficient (Wildman–Crippen LogP) is 2.00. The van der Waals surface area contributed by atoms with E-state index in [1.165, 1.54) is 17.8 Å². The van der Waals surface area contributed by atoms with Gasteiger partial charge in [-0.1, -0.05) is 0 Å². The lowest BCUT2D eigenvalue weighted by Crippen LogP contribution is -2.51. The van der Waals surface area contributed by atoms with Crippen molar-refractivity contribution in [3.8, 4) is 0 Å². The molecule has 1 atom stereocenters. The second-order valence-corrected chi connectivity index (χ2v) is 9.07. The predicted molar refractivity (Wildman–Crippen MR) is 82.1 cm³/mol. The third kappa shape index (κ3) is 2.76. The number of hydrogen-bond donors (Lipinski definition) is 0. The highest BCUT2D eigenvalue weighted by Crippen LogP contribution is 2.29. The molecule has 2 aliphatic heterocycles. The maximum Gasteiger partial charge on any atom is 0.252 e. The number of nitrogens with zero attached hydrogens (tertiary/aromatic N) is 2. The summed E-state index contributed by atoms with van der Waals surface area (Å²) in [5.74, 6) is 0.529. The Hall–Kier alpha value is -0.140. The molecular weight excluding hydrogens is 316 g/mol. The van der Waals surface area contributed by atoms with Crippen molar-refractivity contribution in [2.45, 2.75) is 29.5 Å². The normalized spacial score (nSPS) is 24.9. The Labute approximate surface area is 129 Å². The number of thiophene rings is 1. The highest BCUT2D eigenvalue weighted by Gasteiger charge is 2.36. The fourth-order valence-corrected chi connectivity index (χ4v) is 6.33. The van der Waals surface area contributed by atoms with E-state index in [0.29, 0.717) is 29.2 Å². The summed E-state index contributed by atoms with van der Waals surface area (Å²) in [5, 5.41) is 0. The standard InChI is InChI=1S/C13H19ClN2O2S2/c14-6-5-12-3-4-13(19-12)20(17,18)16-9-8-15-7-1-2-11(15)10-16/h3-4,11H,1-2,5-10H2. The van der Waals surface area contributed by atoms with Crippen LogP contribution in [0.25, 0.3) is 0 Å². The Bertz CT molecular complexity index is 573. The number of hydrogen-bond acceptors (Lipinski definition) is 4. The van der Waals surface area contributed by atoms with Gasteiger partial charge in [-0.3, -0.25) is 4.90 Å². The first kappa shape index (κ1) is 14.8. The van der Waals surface area contributed by atoms with Crippen LogP contribution >= 0.6 is 22.9 Å². The van der Waals surface area contributed by atoms with E-state index in [4.69, 9.17) is 11.6 Å². The number of alkyl halides is 1. The van der Waals surface area contributed by atoms with Crippen LogP contribution in [0.4, 0.5) is 0 Å². The lowest BCUT2D eigenvalue weighted by Gasteiger charge is -2.36. The third-order valence-corrected chi connectivity index (χ3v) is 7.79. The lowest BCUT2D eigenvalue weighted by molar-refractivity contribution is 0.158. The van der Waals surface area contributed by atoms with Crippen LogP contribution in [0, 0.1) is 0 Å². The van der Waals surface area contributed by atoms with Gasteiger partial charge in [0.25, 0.3) is 10.0 Å². The Morgan fingerprint density at radius 2 is 2.15 bits per heavy atom. The molecule has 1 aromatic rings. The summed E-state index contributed by atoms with van der Waals surface area (Å²) in [6.45, 7) is 3.24. The number of sulfonamides is 1. The molecule has 0 radical (unpaired) electrons. The number of rotatable bonds is 4. The fraction of sp³-hybridized carbons (Fsp3) is 0.692. The average Bonchev–Trinajstić information content (AvgIpc) is 3.06.